The van der Waals surface area contributed by atoms with Crippen LogP contribution in [0.3, 0.4) is 0 Å². The van der Waals surface area contributed by atoms with Crippen molar-refractivity contribution in [3.63, 3.8) is 0 Å². The van der Waals surface area contributed by atoms with Crippen LogP contribution in [0, 0.1) is 34.2 Å². The molecule has 136 valence electrons. The summed E-state index contributed by atoms with van der Waals surface area (Å²) in [5, 5.41) is 13.6. The molecule has 1 aliphatic heterocycles. The molecular formula is C19H14FN3O4. The van der Waals surface area contributed by atoms with E-state index in [-0.39, 0.29) is 30.5 Å². The lowest BCUT2D eigenvalue weighted by molar-refractivity contribution is -0.387. The van der Waals surface area contributed by atoms with E-state index in [0.29, 0.717) is 11.3 Å². The third-order valence-electron chi connectivity index (χ3n) is 4.23. The van der Waals surface area contributed by atoms with Crippen LogP contribution in [0.1, 0.15) is 12.0 Å². The van der Waals surface area contributed by atoms with Gasteiger partial charge in [-0.25, -0.2) is 0 Å². The Hall–Kier alpha value is -3.73. The molecule has 1 aliphatic rings. The van der Waals surface area contributed by atoms with Crippen molar-refractivity contribution in [1.82, 2.24) is 0 Å². The summed E-state index contributed by atoms with van der Waals surface area (Å²) in [6.45, 7) is 0.0439. The summed E-state index contributed by atoms with van der Waals surface area (Å²) >= 11 is 0. The fourth-order valence-electron chi connectivity index (χ4n) is 2.87. The van der Waals surface area contributed by atoms with E-state index in [0.717, 1.165) is 12.1 Å². The van der Waals surface area contributed by atoms with Crippen LogP contribution in [0.15, 0.2) is 42.5 Å². The first-order chi connectivity index (χ1) is 12.9. The van der Waals surface area contributed by atoms with Crippen molar-refractivity contribution in [3.8, 4) is 12.3 Å². The lowest BCUT2D eigenvalue weighted by Crippen LogP contribution is -2.28. The molecule has 1 unspecified atom stereocenters. The average Bonchev–Trinajstić information content (AvgIpc) is 3.04. The minimum Gasteiger partial charge on any atom is -0.326 e. The summed E-state index contributed by atoms with van der Waals surface area (Å²) < 4.78 is 13.5. The zero-order valence-electron chi connectivity index (χ0n) is 14.0. The zero-order valence-corrected chi connectivity index (χ0v) is 14.0. The number of carbonyl (C=O) groups is 2. The number of anilines is 2. The van der Waals surface area contributed by atoms with E-state index < -0.39 is 22.3 Å². The number of nitro benzene ring substituents is 1. The number of carbonyl (C=O) groups excluding carboxylic acids is 2. The van der Waals surface area contributed by atoms with Crippen molar-refractivity contribution in [2.24, 2.45) is 5.92 Å². The first-order valence-electron chi connectivity index (χ1n) is 8.01. The van der Waals surface area contributed by atoms with Crippen LogP contribution >= 0.6 is 0 Å². The van der Waals surface area contributed by atoms with Gasteiger partial charge in [-0.2, -0.15) is 4.39 Å². The van der Waals surface area contributed by atoms with Gasteiger partial charge in [-0.1, -0.05) is 12.0 Å². The molecule has 0 saturated carbocycles. The normalized spacial score (nSPS) is 16.1. The number of nitrogens with zero attached hydrogens (tertiary/aromatic N) is 2. The third kappa shape index (κ3) is 3.77. The average molecular weight is 367 g/mol. The number of nitrogens with one attached hydrogen (secondary N) is 1. The fraction of sp³-hybridized carbons (Fsp3) is 0.158. The van der Waals surface area contributed by atoms with E-state index in [9.17, 15) is 24.1 Å². The van der Waals surface area contributed by atoms with Gasteiger partial charge in [0.2, 0.25) is 17.6 Å². The number of rotatable bonds is 4. The Balaban J connectivity index is 1.75. The maximum atomic E-state index is 13.5. The molecule has 0 spiro atoms. The number of hydrogen-bond donors (Lipinski definition) is 1. The molecule has 8 heteroatoms. The van der Waals surface area contributed by atoms with Crippen molar-refractivity contribution in [2.45, 2.75) is 6.42 Å². The van der Waals surface area contributed by atoms with Crippen LogP contribution < -0.4 is 10.2 Å². The van der Waals surface area contributed by atoms with Gasteiger partial charge in [0.25, 0.3) is 0 Å². The lowest BCUT2D eigenvalue weighted by atomic mass is 10.1. The van der Waals surface area contributed by atoms with E-state index >= 15 is 0 Å². The molecule has 0 radical (unpaired) electrons. The van der Waals surface area contributed by atoms with E-state index in [1.807, 2.05) is 0 Å². The number of hydrogen-bond acceptors (Lipinski definition) is 4. The highest BCUT2D eigenvalue weighted by Crippen LogP contribution is 2.30. The van der Waals surface area contributed by atoms with Gasteiger partial charge < -0.3 is 10.2 Å². The molecule has 1 saturated heterocycles. The summed E-state index contributed by atoms with van der Waals surface area (Å²) in [5.74, 6) is 0.104. The Morgan fingerprint density at radius 2 is 2.11 bits per heavy atom. The Morgan fingerprint density at radius 1 is 1.33 bits per heavy atom. The Labute approximate surface area is 153 Å². The smallest absolute Gasteiger partial charge is 0.306 e. The molecule has 2 aromatic carbocycles. The van der Waals surface area contributed by atoms with Gasteiger partial charge in [-0.3, -0.25) is 19.7 Å². The second-order valence-corrected chi connectivity index (χ2v) is 6.01. The van der Waals surface area contributed by atoms with Crippen molar-refractivity contribution in [1.29, 1.82) is 0 Å². The maximum Gasteiger partial charge on any atom is 0.306 e. The fourth-order valence-corrected chi connectivity index (χ4v) is 2.87. The molecule has 0 aromatic heterocycles. The molecule has 27 heavy (non-hydrogen) atoms. The number of amides is 2. The van der Waals surface area contributed by atoms with Crippen LogP contribution in [0.25, 0.3) is 0 Å². The van der Waals surface area contributed by atoms with Crippen LogP contribution in [-0.2, 0) is 9.59 Å². The number of nitro groups is 1. The van der Waals surface area contributed by atoms with Crippen LogP contribution in [0.4, 0.5) is 21.5 Å². The molecular weight excluding hydrogens is 353 g/mol. The van der Waals surface area contributed by atoms with Crippen LogP contribution in [0.2, 0.25) is 0 Å². The highest BCUT2D eigenvalue weighted by Gasteiger charge is 2.36. The van der Waals surface area contributed by atoms with Gasteiger partial charge in [-0.15, -0.1) is 6.42 Å². The zero-order chi connectivity index (χ0) is 19.6. The van der Waals surface area contributed by atoms with Crippen LogP contribution in [0.5, 0.6) is 0 Å². The Morgan fingerprint density at radius 3 is 2.81 bits per heavy atom. The van der Waals surface area contributed by atoms with Gasteiger partial charge >= 0.3 is 5.69 Å². The summed E-state index contributed by atoms with van der Waals surface area (Å²) in [6.07, 6.45) is 5.28. The molecule has 7 nitrogen and oxygen atoms in total. The summed E-state index contributed by atoms with van der Waals surface area (Å²) in [4.78, 5) is 36.0. The van der Waals surface area contributed by atoms with E-state index in [1.165, 1.54) is 11.0 Å². The third-order valence-corrected chi connectivity index (χ3v) is 4.23. The van der Waals surface area contributed by atoms with Crippen LogP contribution in [-0.4, -0.2) is 23.3 Å². The number of benzene rings is 2. The molecule has 1 N–H and O–H groups in total. The molecule has 1 atom stereocenters. The topological polar surface area (TPSA) is 92.6 Å². The van der Waals surface area contributed by atoms with Gasteiger partial charge in [0.05, 0.1) is 16.5 Å². The Bertz CT molecular complexity index is 983. The monoisotopic (exact) mass is 367 g/mol. The second kappa shape index (κ2) is 7.25. The van der Waals surface area contributed by atoms with Crippen molar-refractivity contribution in [3.05, 3.63) is 64.0 Å². The molecule has 0 aliphatic carbocycles. The molecule has 1 heterocycles. The minimum absolute atomic E-state index is 0.0439. The van der Waals surface area contributed by atoms with Crippen molar-refractivity contribution in [2.75, 3.05) is 16.8 Å². The first kappa shape index (κ1) is 18.1. The van der Waals surface area contributed by atoms with Crippen molar-refractivity contribution >= 4 is 28.9 Å². The number of halogens is 1. The van der Waals surface area contributed by atoms with Gasteiger partial charge in [0.1, 0.15) is 0 Å². The predicted molar refractivity (Wildman–Crippen MR) is 96.5 cm³/mol. The van der Waals surface area contributed by atoms with Gasteiger partial charge in [0, 0.05) is 30.3 Å². The Kier molecular flexibility index (Phi) is 4.86. The minimum atomic E-state index is -0.988. The highest BCUT2D eigenvalue weighted by atomic mass is 19.1. The SMILES string of the molecule is C#Cc1cccc(NC(=O)C2CC(=O)N(c3ccc(F)c([N+](=O)[O-])c3)C2)c1. The quantitative estimate of drug-likeness (QED) is 0.511. The van der Waals surface area contributed by atoms with E-state index in [4.69, 9.17) is 6.42 Å². The van der Waals surface area contributed by atoms with Gasteiger partial charge in [-0.05, 0) is 30.3 Å². The number of terminal acetylenes is 1. The molecule has 2 aromatic rings. The predicted octanol–water partition coefficient (Wildman–Crippen LogP) is 2.71. The molecule has 0 bridgehead atoms. The highest BCUT2D eigenvalue weighted by molar-refractivity contribution is 6.03. The second-order valence-electron chi connectivity index (χ2n) is 6.01. The molecule has 2 amide bonds. The van der Waals surface area contributed by atoms with E-state index in [1.54, 1.807) is 24.3 Å². The first-order valence-corrected chi connectivity index (χ1v) is 8.01. The van der Waals surface area contributed by atoms with Gasteiger partial charge in [0.15, 0.2) is 0 Å². The van der Waals surface area contributed by atoms with E-state index in [2.05, 4.69) is 11.2 Å². The standard InChI is InChI=1S/C19H14FN3O4/c1-2-12-4-3-5-14(8-12)21-19(25)13-9-18(24)22(11-13)15-6-7-16(20)17(10-15)23(26)27/h1,3-8,10,13H,9,11H2,(H,21,25). The summed E-state index contributed by atoms with van der Waals surface area (Å²) in [7, 11) is 0. The molecule has 3 rings (SSSR count). The lowest BCUT2D eigenvalue weighted by Gasteiger charge is -2.16. The largest absolute Gasteiger partial charge is 0.326 e. The van der Waals surface area contributed by atoms with Crippen molar-refractivity contribution < 1.29 is 18.9 Å². The summed E-state index contributed by atoms with van der Waals surface area (Å²) in [6, 6.07) is 9.93. The maximum absolute atomic E-state index is 13.5. The summed E-state index contributed by atoms with van der Waals surface area (Å²) in [5.41, 5.74) is 0.575. The molecule has 1 fully saturated rings.